The minimum absolute atomic E-state index is 0.0631. The van der Waals surface area contributed by atoms with Crippen LogP contribution in [0.5, 0.6) is 0 Å². The van der Waals surface area contributed by atoms with Gasteiger partial charge in [0.1, 0.15) is 10.9 Å². The smallest absolute Gasteiger partial charge is 0.325 e. The molecular weight excluding hydrogens is 294 g/mol. The van der Waals surface area contributed by atoms with Crippen molar-refractivity contribution in [3.05, 3.63) is 53.2 Å². The van der Waals surface area contributed by atoms with Crippen molar-refractivity contribution in [1.29, 1.82) is 0 Å². The molecular formula is C14H12ClN3O3. The van der Waals surface area contributed by atoms with Crippen molar-refractivity contribution in [2.24, 2.45) is 0 Å². The summed E-state index contributed by atoms with van der Waals surface area (Å²) in [5.74, 6) is 0.00278. The summed E-state index contributed by atoms with van der Waals surface area (Å²) in [6, 6.07) is 6.25. The number of urea groups is 1. The first-order valence-electron chi connectivity index (χ1n) is 6.30. The maximum atomic E-state index is 12.6. The Morgan fingerprint density at radius 2 is 2.19 bits per heavy atom. The Morgan fingerprint density at radius 3 is 2.86 bits per heavy atom. The molecule has 0 saturated carbocycles. The van der Waals surface area contributed by atoms with Gasteiger partial charge in [-0.1, -0.05) is 17.7 Å². The Kier molecular flexibility index (Phi) is 3.17. The second-order valence-corrected chi connectivity index (χ2v) is 5.24. The van der Waals surface area contributed by atoms with Gasteiger partial charge in [-0.05, 0) is 25.1 Å². The summed E-state index contributed by atoms with van der Waals surface area (Å²) in [4.78, 5) is 29.7. The lowest BCUT2D eigenvalue weighted by Gasteiger charge is -2.19. The van der Waals surface area contributed by atoms with Gasteiger partial charge in [0.15, 0.2) is 5.54 Å². The molecule has 7 heteroatoms. The number of imide groups is 1. The molecule has 1 N–H and O–H groups in total. The first-order chi connectivity index (χ1) is 10.0. The van der Waals surface area contributed by atoms with E-state index in [9.17, 15) is 9.59 Å². The number of nitrogens with one attached hydrogen (secondary N) is 1. The van der Waals surface area contributed by atoms with Gasteiger partial charge >= 0.3 is 6.03 Å². The summed E-state index contributed by atoms with van der Waals surface area (Å²) >= 11 is 5.97. The molecule has 2 aromatic rings. The van der Waals surface area contributed by atoms with Crippen LogP contribution in [0.3, 0.4) is 0 Å². The average Bonchev–Trinajstić information content (AvgIpc) is 3.06. The van der Waals surface area contributed by atoms with Crippen LogP contribution in [0.2, 0.25) is 5.15 Å². The van der Waals surface area contributed by atoms with Crippen LogP contribution in [-0.2, 0) is 16.9 Å². The summed E-state index contributed by atoms with van der Waals surface area (Å²) in [6.45, 7) is 1.67. The highest BCUT2D eigenvalue weighted by Gasteiger charge is 2.50. The molecule has 1 aliphatic heterocycles. The van der Waals surface area contributed by atoms with E-state index in [4.69, 9.17) is 16.0 Å². The molecule has 1 atom stereocenters. The lowest BCUT2D eigenvalue weighted by molar-refractivity contribution is -0.132. The largest absolute Gasteiger partial charge is 0.466 e. The number of hydrogen-bond donors (Lipinski definition) is 1. The van der Waals surface area contributed by atoms with E-state index in [1.165, 1.54) is 6.26 Å². The summed E-state index contributed by atoms with van der Waals surface area (Å²) in [5.41, 5.74) is -0.596. The van der Waals surface area contributed by atoms with Crippen molar-refractivity contribution in [1.82, 2.24) is 15.2 Å². The maximum Gasteiger partial charge on any atom is 0.325 e. The monoisotopic (exact) mass is 305 g/mol. The van der Waals surface area contributed by atoms with Crippen LogP contribution < -0.4 is 5.32 Å². The highest BCUT2D eigenvalue weighted by atomic mass is 35.5. The van der Waals surface area contributed by atoms with Gasteiger partial charge < -0.3 is 9.73 Å². The molecule has 0 bridgehead atoms. The minimum atomic E-state index is -1.20. The number of pyridine rings is 1. The molecule has 108 valence electrons. The topological polar surface area (TPSA) is 75.4 Å². The molecule has 0 aliphatic carbocycles. The van der Waals surface area contributed by atoms with Gasteiger partial charge in [-0.15, -0.1) is 0 Å². The van der Waals surface area contributed by atoms with E-state index in [2.05, 4.69) is 10.3 Å². The number of nitrogens with zero attached hydrogens (tertiary/aromatic N) is 2. The van der Waals surface area contributed by atoms with Crippen LogP contribution in [-0.4, -0.2) is 21.8 Å². The zero-order chi connectivity index (χ0) is 15.0. The highest BCUT2D eigenvalue weighted by Crippen LogP contribution is 2.30. The van der Waals surface area contributed by atoms with E-state index in [0.29, 0.717) is 11.3 Å². The third-order valence-electron chi connectivity index (χ3n) is 3.45. The van der Waals surface area contributed by atoms with Crippen LogP contribution >= 0.6 is 11.6 Å². The number of halogens is 1. The standard InChI is InChI=1S/C14H12ClN3O3/c1-14(10-5-3-7-21-10)12(19)18(13(20)17-14)8-9-4-2-6-16-11(9)15/h2-7H,8H2,1H3,(H,17,20). The molecule has 1 fully saturated rings. The van der Waals surface area contributed by atoms with Gasteiger partial charge in [0.05, 0.1) is 12.8 Å². The maximum absolute atomic E-state index is 12.6. The van der Waals surface area contributed by atoms with E-state index in [-0.39, 0.29) is 17.6 Å². The molecule has 0 aromatic carbocycles. The first-order valence-corrected chi connectivity index (χ1v) is 6.67. The number of hydrogen-bond acceptors (Lipinski definition) is 4. The zero-order valence-electron chi connectivity index (χ0n) is 11.2. The summed E-state index contributed by atoms with van der Waals surface area (Å²) < 4.78 is 5.26. The van der Waals surface area contributed by atoms with Gasteiger partial charge in [-0.25, -0.2) is 9.78 Å². The second kappa shape index (κ2) is 4.89. The average molecular weight is 306 g/mol. The summed E-state index contributed by atoms with van der Waals surface area (Å²) in [6.07, 6.45) is 3.01. The Bertz CT molecular complexity index is 701. The SMILES string of the molecule is CC1(c2ccco2)NC(=O)N(Cc2cccnc2Cl)C1=O. The Balaban J connectivity index is 1.90. The normalized spacial score (nSPS) is 21.7. The van der Waals surface area contributed by atoms with Gasteiger partial charge in [0.2, 0.25) is 0 Å². The van der Waals surface area contributed by atoms with Gasteiger partial charge in [-0.2, -0.15) is 0 Å². The van der Waals surface area contributed by atoms with Crippen molar-refractivity contribution < 1.29 is 14.0 Å². The Hall–Kier alpha value is -2.34. The third-order valence-corrected chi connectivity index (χ3v) is 3.79. The fourth-order valence-electron chi connectivity index (χ4n) is 2.28. The predicted molar refractivity (Wildman–Crippen MR) is 74.4 cm³/mol. The van der Waals surface area contributed by atoms with E-state index < -0.39 is 11.6 Å². The highest BCUT2D eigenvalue weighted by molar-refractivity contribution is 6.30. The molecule has 6 nitrogen and oxygen atoms in total. The molecule has 21 heavy (non-hydrogen) atoms. The Labute approximate surface area is 125 Å². The number of aromatic nitrogens is 1. The second-order valence-electron chi connectivity index (χ2n) is 4.88. The van der Waals surface area contributed by atoms with Gasteiger partial charge in [0, 0.05) is 11.8 Å². The predicted octanol–water partition coefficient (Wildman–Crippen LogP) is 2.30. The lowest BCUT2D eigenvalue weighted by atomic mass is 9.99. The van der Waals surface area contributed by atoms with Gasteiger partial charge in [0.25, 0.3) is 5.91 Å². The number of rotatable bonds is 3. The molecule has 1 saturated heterocycles. The van der Waals surface area contributed by atoms with Crippen LogP contribution in [0.15, 0.2) is 41.1 Å². The van der Waals surface area contributed by atoms with E-state index >= 15 is 0 Å². The molecule has 3 heterocycles. The zero-order valence-corrected chi connectivity index (χ0v) is 11.9. The number of carbonyl (C=O) groups excluding carboxylic acids is 2. The molecule has 1 unspecified atom stereocenters. The van der Waals surface area contributed by atoms with Crippen LogP contribution in [0.4, 0.5) is 4.79 Å². The fraction of sp³-hybridized carbons (Fsp3) is 0.214. The van der Waals surface area contributed by atoms with Gasteiger partial charge in [-0.3, -0.25) is 9.69 Å². The third kappa shape index (κ3) is 2.17. The lowest BCUT2D eigenvalue weighted by Crippen LogP contribution is -2.40. The summed E-state index contributed by atoms with van der Waals surface area (Å²) in [7, 11) is 0. The number of carbonyl (C=O) groups is 2. The van der Waals surface area contributed by atoms with Crippen molar-refractivity contribution in [3.8, 4) is 0 Å². The van der Waals surface area contributed by atoms with Crippen molar-refractivity contribution in [2.75, 3.05) is 0 Å². The van der Waals surface area contributed by atoms with Crippen LogP contribution in [0.1, 0.15) is 18.2 Å². The molecule has 0 radical (unpaired) electrons. The number of amides is 3. The van der Waals surface area contributed by atoms with E-state index in [1.54, 1.807) is 37.4 Å². The number of furan rings is 1. The van der Waals surface area contributed by atoms with Crippen molar-refractivity contribution in [3.63, 3.8) is 0 Å². The van der Waals surface area contributed by atoms with Crippen LogP contribution in [0, 0.1) is 0 Å². The minimum Gasteiger partial charge on any atom is -0.466 e. The van der Waals surface area contributed by atoms with Crippen molar-refractivity contribution in [2.45, 2.75) is 19.0 Å². The molecule has 0 spiro atoms. The van der Waals surface area contributed by atoms with Crippen LogP contribution in [0.25, 0.3) is 0 Å². The van der Waals surface area contributed by atoms with E-state index in [0.717, 1.165) is 4.90 Å². The van der Waals surface area contributed by atoms with E-state index in [1.807, 2.05) is 0 Å². The molecule has 2 aromatic heterocycles. The van der Waals surface area contributed by atoms with Crippen molar-refractivity contribution >= 4 is 23.5 Å². The molecule has 1 aliphatic rings. The quantitative estimate of drug-likeness (QED) is 0.697. The fourth-order valence-corrected chi connectivity index (χ4v) is 2.46. The first kappa shape index (κ1) is 13.6. The Morgan fingerprint density at radius 1 is 1.38 bits per heavy atom. The summed E-state index contributed by atoms with van der Waals surface area (Å²) in [5, 5.41) is 2.92. The molecule has 3 amide bonds. The molecule has 3 rings (SSSR count).